The zero-order valence-corrected chi connectivity index (χ0v) is 8.84. The molecule has 2 atom stereocenters. The summed E-state index contributed by atoms with van der Waals surface area (Å²) in [5.41, 5.74) is 0. The molecule has 0 spiro atoms. The molecule has 0 aromatic heterocycles. The number of hydrogen-bond acceptors (Lipinski definition) is 2. The number of carbonyl (C=O) groups is 1. The van der Waals surface area contributed by atoms with E-state index in [0.717, 1.165) is 19.5 Å². The average molecular weight is 194 g/mol. The van der Waals surface area contributed by atoms with Crippen molar-refractivity contribution in [1.82, 2.24) is 10.6 Å². The van der Waals surface area contributed by atoms with Gasteiger partial charge in [0.15, 0.2) is 0 Å². The van der Waals surface area contributed by atoms with Crippen LogP contribution >= 0.6 is 0 Å². The topological polar surface area (TPSA) is 41.1 Å². The minimum atomic E-state index is -0.136. The fraction of sp³-hybridized carbons (Fsp3) is 0.727. The van der Waals surface area contributed by atoms with Crippen molar-refractivity contribution in [2.75, 3.05) is 13.1 Å². The van der Waals surface area contributed by atoms with E-state index < -0.39 is 0 Å². The summed E-state index contributed by atoms with van der Waals surface area (Å²) >= 11 is 0. The van der Waals surface area contributed by atoms with Gasteiger partial charge in [0.1, 0.15) is 0 Å². The molecule has 1 aliphatic heterocycles. The maximum absolute atomic E-state index is 11.7. The standard InChI is InChI=1S/C11H18N2O/c1-4-10(8(2)3)13-11(14)9-5-6-12-7-9/h1,8-10,12H,5-7H2,2-3H3,(H,13,14). The number of hydrogen-bond donors (Lipinski definition) is 2. The second-order valence-corrected chi connectivity index (χ2v) is 4.09. The summed E-state index contributed by atoms with van der Waals surface area (Å²) < 4.78 is 0. The Kier molecular flexibility index (Phi) is 3.97. The number of rotatable bonds is 3. The van der Waals surface area contributed by atoms with Gasteiger partial charge in [-0.1, -0.05) is 19.8 Å². The zero-order valence-electron chi connectivity index (χ0n) is 8.84. The van der Waals surface area contributed by atoms with Crippen LogP contribution in [-0.2, 0) is 4.79 Å². The van der Waals surface area contributed by atoms with Gasteiger partial charge in [-0.15, -0.1) is 6.42 Å². The van der Waals surface area contributed by atoms with E-state index in [0.29, 0.717) is 5.92 Å². The van der Waals surface area contributed by atoms with Gasteiger partial charge in [0.05, 0.1) is 12.0 Å². The molecule has 2 N–H and O–H groups in total. The number of amides is 1. The van der Waals surface area contributed by atoms with Crippen molar-refractivity contribution in [3.8, 4) is 12.3 Å². The van der Waals surface area contributed by atoms with E-state index in [-0.39, 0.29) is 17.9 Å². The summed E-state index contributed by atoms with van der Waals surface area (Å²) in [7, 11) is 0. The molecule has 0 radical (unpaired) electrons. The lowest BCUT2D eigenvalue weighted by atomic mass is 10.0. The SMILES string of the molecule is C#CC(NC(=O)C1CCNC1)C(C)C. The molecule has 3 heteroatoms. The van der Waals surface area contributed by atoms with Gasteiger partial charge in [0, 0.05) is 6.54 Å². The molecule has 78 valence electrons. The molecule has 1 saturated heterocycles. The molecule has 2 unspecified atom stereocenters. The lowest BCUT2D eigenvalue weighted by molar-refractivity contribution is -0.125. The van der Waals surface area contributed by atoms with Gasteiger partial charge in [0.25, 0.3) is 0 Å². The predicted octanol–water partition coefficient (Wildman–Crippen LogP) is 0.370. The monoisotopic (exact) mass is 194 g/mol. The largest absolute Gasteiger partial charge is 0.342 e. The Morgan fingerprint density at radius 1 is 1.64 bits per heavy atom. The first-order valence-electron chi connectivity index (χ1n) is 5.12. The van der Waals surface area contributed by atoms with Gasteiger partial charge in [-0.25, -0.2) is 0 Å². The van der Waals surface area contributed by atoms with Gasteiger partial charge >= 0.3 is 0 Å². The van der Waals surface area contributed by atoms with Crippen molar-refractivity contribution in [1.29, 1.82) is 0 Å². The van der Waals surface area contributed by atoms with Gasteiger partial charge in [-0.3, -0.25) is 4.79 Å². The molecule has 0 aromatic carbocycles. The van der Waals surface area contributed by atoms with Crippen molar-refractivity contribution in [3.63, 3.8) is 0 Å². The number of nitrogens with one attached hydrogen (secondary N) is 2. The second kappa shape index (κ2) is 5.02. The minimum absolute atomic E-state index is 0.0895. The normalized spacial score (nSPS) is 23.1. The fourth-order valence-corrected chi connectivity index (χ4v) is 1.55. The van der Waals surface area contributed by atoms with Crippen molar-refractivity contribution in [3.05, 3.63) is 0 Å². The summed E-state index contributed by atoms with van der Waals surface area (Å²) in [6, 6.07) is -0.136. The van der Waals surface area contributed by atoms with Gasteiger partial charge < -0.3 is 10.6 Å². The Morgan fingerprint density at radius 2 is 2.36 bits per heavy atom. The molecule has 1 aliphatic rings. The number of terminal acetylenes is 1. The molecular weight excluding hydrogens is 176 g/mol. The number of carbonyl (C=O) groups excluding carboxylic acids is 1. The summed E-state index contributed by atoms with van der Waals surface area (Å²) in [5, 5.41) is 6.05. The zero-order chi connectivity index (χ0) is 10.6. The first kappa shape index (κ1) is 11.1. The molecule has 1 rings (SSSR count). The van der Waals surface area contributed by atoms with Gasteiger partial charge in [-0.05, 0) is 18.9 Å². The average Bonchev–Trinajstić information content (AvgIpc) is 2.65. The predicted molar refractivity (Wildman–Crippen MR) is 56.6 cm³/mol. The van der Waals surface area contributed by atoms with E-state index in [4.69, 9.17) is 6.42 Å². The second-order valence-electron chi connectivity index (χ2n) is 4.09. The van der Waals surface area contributed by atoms with E-state index in [9.17, 15) is 4.79 Å². The van der Waals surface area contributed by atoms with Crippen LogP contribution in [0.25, 0.3) is 0 Å². The highest BCUT2D eigenvalue weighted by atomic mass is 16.2. The Balaban J connectivity index is 2.42. The van der Waals surface area contributed by atoms with E-state index in [1.54, 1.807) is 0 Å². The lowest BCUT2D eigenvalue weighted by Crippen LogP contribution is -2.41. The molecule has 0 saturated carbocycles. The van der Waals surface area contributed by atoms with E-state index in [1.165, 1.54) is 0 Å². The van der Waals surface area contributed by atoms with Gasteiger partial charge in [0.2, 0.25) is 5.91 Å². The van der Waals surface area contributed by atoms with Crippen LogP contribution in [0, 0.1) is 24.2 Å². The van der Waals surface area contributed by atoms with Crippen LogP contribution in [-0.4, -0.2) is 25.0 Å². The molecular formula is C11H18N2O. The summed E-state index contributed by atoms with van der Waals surface area (Å²) in [5.74, 6) is 3.08. The lowest BCUT2D eigenvalue weighted by Gasteiger charge is -2.18. The molecule has 0 bridgehead atoms. The molecule has 0 aliphatic carbocycles. The Morgan fingerprint density at radius 3 is 2.79 bits per heavy atom. The van der Waals surface area contributed by atoms with Crippen LogP contribution in [0.15, 0.2) is 0 Å². The quantitative estimate of drug-likeness (QED) is 0.637. The van der Waals surface area contributed by atoms with Crippen LogP contribution in [0.5, 0.6) is 0 Å². The van der Waals surface area contributed by atoms with Crippen LogP contribution in [0.3, 0.4) is 0 Å². The Bertz CT molecular complexity index is 236. The maximum Gasteiger partial charge on any atom is 0.225 e. The Hall–Kier alpha value is -1.01. The fourth-order valence-electron chi connectivity index (χ4n) is 1.55. The Labute approximate surface area is 85.6 Å². The van der Waals surface area contributed by atoms with Crippen LogP contribution in [0.4, 0.5) is 0 Å². The third kappa shape index (κ3) is 2.74. The van der Waals surface area contributed by atoms with E-state index in [1.807, 2.05) is 13.8 Å². The molecule has 1 heterocycles. The third-order valence-corrected chi connectivity index (χ3v) is 2.58. The van der Waals surface area contributed by atoms with E-state index in [2.05, 4.69) is 16.6 Å². The summed E-state index contributed by atoms with van der Waals surface area (Å²) in [6.45, 7) is 5.73. The van der Waals surface area contributed by atoms with Crippen molar-refractivity contribution >= 4 is 5.91 Å². The minimum Gasteiger partial charge on any atom is -0.342 e. The van der Waals surface area contributed by atoms with E-state index >= 15 is 0 Å². The maximum atomic E-state index is 11.7. The van der Waals surface area contributed by atoms with Crippen LogP contribution in [0.1, 0.15) is 20.3 Å². The van der Waals surface area contributed by atoms with Crippen molar-refractivity contribution in [2.24, 2.45) is 11.8 Å². The first-order valence-corrected chi connectivity index (χ1v) is 5.12. The van der Waals surface area contributed by atoms with Gasteiger partial charge in [-0.2, -0.15) is 0 Å². The van der Waals surface area contributed by atoms with Crippen LogP contribution < -0.4 is 10.6 Å². The van der Waals surface area contributed by atoms with Crippen molar-refractivity contribution in [2.45, 2.75) is 26.3 Å². The van der Waals surface area contributed by atoms with Crippen molar-refractivity contribution < 1.29 is 4.79 Å². The highest BCUT2D eigenvalue weighted by molar-refractivity contribution is 5.79. The smallest absolute Gasteiger partial charge is 0.225 e. The third-order valence-electron chi connectivity index (χ3n) is 2.58. The summed E-state index contributed by atoms with van der Waals surface area (Å²) in [4.78, 5) is 11.7. The molecule has 1 amide bonds. The molecule has 14 heavy (non-hydrogen) atoms. The first-order chi connectivity index (χ1) is 6.65. The summed E-state index contributed by atoms with van der Waals surface area (Å²) in [6.07, 6.45) is 6.26. The van der Waals surface area contributed by atoms with Crippen LogP contribution in [0.2, 0.25) is 0 Å². The molecule has 0 aromatic rings. The highest BCUT2D eigenvalue weighted by Crippen LogP contribution is 2.09. The molecule has 1 fully saturated rings. The molecule has 3 nitrogen and oxygen atoms in total. The highest BCUT2D eigenvalue weighted by Gasteiger charge is 2.24.